The van der Waals surface area contributed by atoms with Gasteiger partial charge in [0.1, 0.15) is 0 Å². The van der Waals surface area contributed by atoms with Gasteiger partial charge in [-0.25, -0.2) is 0 Å². The van der Waals surface area contributed by atoms with Crippen LogP contribution in [0, 0.1) is 0 Å². The van der Waals surface area contributed by atoms with E-state index in [1.807, 2.05) is 0 Å². The summed E-state index contributed by atoms with van der Waals surface area (Å²) in [4.78, 5) is 5.48. The van der Waals surface area contributed by atoms with Gasteiger partial charge in [-0.3, -0.25) is 0 Å². The molecule has 112 heavy (non-hydrogen) atoms. The van der Waals surface area contributed by atoms with E-state index in [0.29, 0.717) is 11.8 Å². The van der Waals surface area contributed by atoms with E-state index in [0.717, 1.165) is 67.5 Å². The zero-order valence-electron chi connectivity index (χ0n) is 67.0. The van der Waals surface area contributed by atoms with Gasteiger partial charge < -0.3 is 9.80 Å². The van der Waals surface area contributed by atoms with Crippen molar-refractivity contribution in [3.63, 3.8) is 0 Å². The second kappa shape index (κ2) is 27.8. The smallest absolute Gasteiger partial charge is 0.252 e. The van der Waals surface area contributed by atoms with Crippen molar-refractivity contribution in [2.24, 2.45) is 0 Å². The Bertz CT molecular complexity index is 5890. The van der Waals surface area contributed by atoms with Crippen molar-refractivity contribution in [1.29, 1.82) is 0 Å². The number of anilines is 6. The minimum Gasteiger partial charge on any atom is -0.310 e. The molecule has 3 heteroatoms. The van der Waals surface area contributed by atoms with Gasteiger partial charge in [0.15, 0.2) is 0 Å². The molecule has 3 aliphatic rings. The zero-order chi connectivity index (χ0) is 77.1. The van der Waals surface area contributed by atoms with E-state index >= 15 is 0 Å². The molecule has 0 radical (unpaired) electrons. The van der Waals surface area contributed by atoms with E-state index in [4.69, 9.17) is 0 Å². The Kier molecular flexibility index (Phi) is 17.7. The van der Waals surface area contributed by atoms with E-state index in [-0.39, 0.29) is 23.0 Å². The largest absolute Gasteiger partial charge is 0.310 e. The first-order valence-corrected chi connectivity index (χ1v) is 40.4. The highest BCUT2D eigenvalue weighted by molar-refractivity contribution is 7.00. The molecule has 15 aromatic rings. The van der Waals surface area contributed by atoms with Gasteiger partial charge in [-0.05, 0) is 210 Å². The molecule has 2 nitrogen and oxygen atoms in total. The molecule has 0 N–H and O–H groups in total. The van der Waals surface area contributed by atoms with Crippen LogP contribution in [0.4, 0.5) is 34.1 Å². The van der Waals surface area contributed by atoms with E-state index in [1.165, 1.54) is 122 Å². The number of rotatable bonds is 13. The SMILES string of the molecule is CC(C)c1cc(-c2ccc3c(c2)B2c4cc(-c5cccc6c5-c5ccccc5C6(c5ccccc5)c5ccccc5)ccc4N(c4c(-c5ccccc5)cc(C(C)(C)C)cc4-c4ccccc4)c4cc(-c5ccc(C(C)(C)C)cc5)cc(c42)N3c2c(-c3ccccc3)cc(C(C)(C)C)cc2-c2ccccc2)cc(C(C)C)c1. The molecule has 0 unspecified atom stereocenters. The Labute approximate surface area is 664 Å². The standard InChI is InChI=1S/C109H97BN2/c1-70(2)79-59-80(71(3)4)61-81(60-79)77-53-57-98-96(62-77)110-97-63-78(88-48-34-50-95-102(88)89-47-32-33-49-94(89)109(95,84-43-28-18-29-44-84)85-45-30-19-31-46-85)54-58-99(97)112(105-92(75-39-24-16-25-40-75)68-87(108(11,12)13)69-93(105)76-41-26-17-27-42-76)101-65-82(72-51-55-83(56-52-72)106(5,6)7)64-100(103(101)110)111(98)104-90(73-35-20-14-21-36-73)66-86(107(8,9)10)67-91(104)74-37-22-15-23-38-74/h14-71H,1-13H3. The molecule has 0 bridgehead atoms. The van der Waals surface area contributed by atoms with Crippen molar-refractivity contribution in [2.45, 2.75) is 124 Å². The Balaban J connectivity index is 1.04. The zero-order valence-corrected chi connectivity index (χ0v) is 67.0. The molecule has 15 aromatic carbocycles. The number of fused-ring (bicyclic) bond motifs is 7. The van der Waals surface area contributed by atoms with Crippen LogP contribution in [0.3, 0.4) is 0 Å². The fraction of sp³-hybridized carbons (Fsp3) is 0.174. The summed E-state index contributed by atoms with van der Waals surface area (Å²) in [5, 5.41) is 0. The van der Waals surface area contributed by atoms with Crippen molar-refractivity contribution in [3.8, 4) is 89.0 Å². The number of benzene rings is 15. The van der Waals surface area contributed by atoms with E-state index in [2.05, 4.69) is 440 Å². The molecule has 0 amide bonds. The molecule has 0 saturated carbocycles. The lowest BCUT2D eigenvalue weighted by Crippen LogP contribution is -2.61. The first kappa shape index (κ1) is 71.6. The van der Waals surface area contributed by atoms with Gasteiger partial charge in [0.2, 0.25) is 0 Å². The van der Waals surface area contributed by atoms with E-state index in [9.17, 15) is 0 Å². The minimum absolute atomic E-state index is 0.0588. The topological polar surface area (TPSA) is 6.48 Å². The van der Waals surface area contributed by atoms with Gasteiger partial charge in [0.05, 0.1) is 16.8 Å². The van der Waals surface area contributed by atoms with Crippen LogP contribution in [0.1, 0.15) is 152 Å². The average molecular weight is 1450 g/mol. The molecule has 1 aliphatic carbocycles. The highest BCUT2D eigenvalue weighted by atomic mass is 15.2. The molecule has 546 valence electrons. The number of hydrogen-bond acceptors (Lipinski definition) is 2. The lowest BCUT2D eigenvalue weighted by Gasteiger charge is -2.46. The van der Waals surface area contributed by atoms with Gasteiger partial charge in [0.25, 0.3) is 6.71 Å². The van der Waals surface area contributed by atoms with Crippen molar-refractivity contribution < 1.29 is 0 Å². The molecule has 18 rings (SSSR count). The summed E-state index contributed by atoms with van der Waals surface area (Å²) in [5.41, 5.74) is 40.0. The normalized spacial score (nSPS) is 13.4. The highest BCUT2D eigenvalue weighted by Gasteiger charge is 2.49. The number of nitrogens with zero attached hydrogens (tertiary/aromatic N) is 2. The Morgan fingerprint density at radius 1 is 0.259 bits per heavy atom. The van der Waals surface area contributed by atoms with Gasteiger partial charge >= 0.3 is 0 Å². The molecule has 0 fully saturated rings. The van der Waals surface area contributed by atoms with Gasteiger partial charge in [-0.15, -0.1) is 0 Å². The van der Waals surface area contributed by atoms with Crippen molar-refractivity contribution >= 4 is 57.2 Å². The fourth-order valence-electron chi connectivity index (χ4n) is 18.4. The maximum absolute atomic E-state index is 2.74. The van der Waals surface area contributed by atoms with Crippen molar-refractivity contribution in [1.82, 2.24) is 0 Å². The second-order valence-corrected chi connectivity index (χ2v) is 35.2. The number of hydrogen-bond donors (Lipinski definition) is 0. The summed E-state index contributed by atoms with van der Waals surface area (Å²) in [7, 11) is 0. The summed E-state index contributed by atoms with van der Waals surface area (Å²) < 4.78 is 0. The monoisotopic (exact) mass is 1440 g/mol. The Morgan fingerprint density at radius 2 is 0.616 bits per heavy atom. The fourth-order valence-corrected chi connectivity index (χ4v) is 18.4. The third-order valence-electron chi connectivity index (χ3n) is 24.3. The summed E-state index contributed by atoms with van der Waals surface area (Å²) in [5.74, 6) is 0.654. The summed E-state index contributed by atoms with van der Waals surface area (Å²) in [6, 6.07) is 131. The Morgan fingerprint density at radius 3 is 1.04 bits per heavy atom. The highest BCUT2D eigenvalue weighted by Crippen LogP contribution is 2.60. The maximum atomic E-state index is 2.74. The third-order valence-corrected chi connectivity index (χ3v) is 24.3. The molecule has 2 heterocycles. The quantitative estimate of drug-likeness (QED) is 0.106. The predicted octanol–water partition coefficient (Wildman–Crippen LogP) is 27.9. The van der Waals surface area contributed by atoms with Gasteiger partial charge in [0, 0.05) is 45.0 Å². The van der Waals surface area contributed by atoms with Crippen LogP contribution < -0.4 is 26.2 Å². The molecule has 0 atom stereocenters. The molecule has 0 spiro atoms. The summed E-state index contributed by atoms with van der Waals surface area (Å²) in [6.45, 7) is 30.2. The van der Waals surface area contributed by atoms with Crippen molar-refractivity contribution in [3.05, 3.63) is 390 Å². The molecular weight excluding hydrogens is 1350 g/mol. The summed E-state index contributed by atoms with van der Waals surface area (Å²) in [6.07, 6.45) is 0. The van der Waals surface area contributed by atoms with Crippen LogP contribution in [-0.4, -0.2) is 6.71 Å². The maximum Gasteiger partial charge on any atom is 0.252 e. The van der Waals surface area contributed by atoms with E-state index in [1.54, 1.807) is 0 Å². The van der Waals surface area contributed by atoms with Crippen LogP contribution in [-0.2, 0) is 21.7 Å². The second-order valence-electron chi connectivity index (χ2n) is 35.2. The van der Waals surface area contributed by atoms with Crippen LogP contribution >= 0.6 is 0 Å². The molecule has 0 aromatic heterocycles. The van der Waals surface area contributed by atoms with Crippen LogP contribution in [0.5, 0.6) is 0 Å². The molecule has 2 aliphatic heterocycles. The van der Waals surface area contributed by atoms with Crippen LogP contribution in [0.15, 0.2) is 340 Å². The lowest BCUT2D eigenvalue weighted by molar-refractivity contribution is 0.590. The van der Waals surface area contributed by atoms with Gasteiger partial charge in [-0.2, -0.15) is 0 Å². The summed E-state index contributed by atoms with van der Waals surface area (Å²) >= 11 is 0. The van der Waals surface area contributed by atoms with Crippen LogP contribution in [0.25, 0.3) is 89.0 Å². The lowest BCUT2D eigenvalue weighted by atomic mass is 9.33. The molecular formula is C109H97BN2. The first-order chi connectivity index (χ1) is 54.1. The molecule has 0 saturated heterocycles. The Hall–Kier alpha value is -12.0. The van der Waals surface area contributed by atoms with Crippen LogP contribution in [0.2, 0.25) is 0 Å². The average Bonchev–Trinajstić information content (AvgIpc) is 1.31. The van der Waals surface area contributed by atoms with Crippen molar-refractivity contribution in [2.75, 3.05) is 9.80 Å². The minimum atomic E-state index is -0.595. The van der Waals surface area contributed by atoms with E-state index < -0.39 is 5.41 Å². The third kappa shape index (κ3) is 12.2. The van der Waals surface area contributed by atoms with Gasteiger partial charge in [-0.1, -0.05) is 381 Å². The predicted molar refractivity (Wildman–Crippen MR) is 480 cm³/mol. The first-order valence-electron chi connectivity index (χ1n) is 40.4.